The lowest BCUT2D eigenvalue weighted by atomic mass is 10.1. The molecule has 0 aliphatic rings. The van der Waals surface area contributed by atoms with Crippen LogP contribution in [0.4, 0.5) is 20.2 Å². The second kappa shape index (κ2) is 10.7. The molecule has 0 bridgehead atoms. The number of carbonyl (C=O) groups excluding carboxylic acids is 1. The van der Waals surface area contributed by atoms with Crippen LogP contribution < -0.4 is 21.3 Å². The molecule has 3 aromatic carbocycles. The monoisotopic (exact) mass is 563 g/mol. The first-order chi connectivity index (χ1) is 20.3. The lowest BCUT2D eigenvalue weighted by Gasteiger charge is -2.13. The number of fused-ring (bicyclic) bond motifs is 1. The van der Waals surface area contributed by atoms with Crippen molar-refractivity contribution in [2.75, 3.05) is 11.1 Å². The average molecular weight is 564 g/mol. The molecule has 0 atom stereocenters. The van der Waals surface area contributed by atoms with Crippen molar-refractivity contribution in [3.8, 4) is 28.3 Å². The zero-order valence-electron chi connectivity index (χ0n) is 22.2. The first-order valence-corrected chi connectivity index (χ1v) is 12.9. The molecular formula is C32H23F2N5O3. The van der Waals surface area contributed by atoms with Gasteiger partial charge in [0.25, 0.3) is 11.5 Å². The van der Waals surface area contributed by atoms with Crippen LogP contribution in [0.5, 0.6) is 11.5 Å². The van der Waals surface area contributed by atoms with E-state index in [9.17, 15) is 14.0 Å². The second-order valence-electron chi connectivity index (χ2n) is 9.55. The van der Waals surface area contributed by atoms with Crippen molar-refractivity contribution < 1.29 is 18.3 Å². The number of benzene rings is 3. The van der Waals surface area contributed by atoms with Gasteiger partial charge in [-0.1, -0.05) is 12.1 Å². The molecule has 1 amide bonds. The summed E-state index contributed by atoms with van der Waals surface area (Å²) in [7, 11) is 0. The van der Waals surface area contributed by atoms with Crippen molar-refractivity contribution in [3.05, 3.63) is 137 Å². The van der Waals surface area contributed by atoms with E-state index >= 15 is 4.39 Å². The largest absolute Gasteiger partial charge is 0.452 e. The molecule has 0 aliphatic carbocycles. The van der Waals surface area contributed by atoms with Gasteiger partial charge in [-0.25, -0.2) is 13.3 Å². The van der Waals surface area contributed by atoms with Crippen LogP contribution in [0.15, 0.2) is 108 Å². The predicted molar refractivity (Wildman–Crippen MR) is 156 cm³/mol. The number of nitrogen functional groups attached to an aromatic ring is 1. The van der Waals surface area contributed by atoms with Gasteiger partial charge in [0, 0.05) is 46.6 Å². The molecule has 0 spiro atoms. The van der Waals surface area contributed by atoms with Crippen LogP contribution in [0.3, 0.4) is 0 Å². The number of nitrogens with zero attached hydrogens (tertiary/aromatic N) is 3. The number of hydrogen-bond donors (Lipinski definition) is 2. The number of anilines is 2. The second-order valence-corrected chi connectivity index (χ2v) is 9.55. The summed E-state index contributed by atoms with van der Waals surface area (Å²) in [5.41, 5.74) is 9.18. The maximum Gasteiger partial charge on any atom is 0.268 e. The van der Waals surface area contributed by atoms with Gasteiger partial charge < -0.3 is 15.8 Å². The zero-order chi connectivity index (χ0) is 29.4. The van der Waals surface area contributed by atoms with Crippen molar-refractivity contribution in [3.63, 3.8) is 0 Å². The standard InChI is InChI=1S/C32H23F2N5O3/c1-19-5-11-26(32(41)39(19)24-9-6-21(33)7-10-24)31(40)37-23-8-12-28(27(34)18-23)42-29-13-15-36-38-16-14-25(30(29)38)20-3-2-4-22(35)17-20/h2-18H,35H2,1H3,(H,37,40). The number of nitrogens with one attached hydrogen (secondary N) is 1. The maximum atomic E-state index is 15.2. The molecule has 0 radical (unpaired) electrons. The third-order valence-corrected chi connectivity index (χ3v) is 6.73. The predicted octanol–water partition coefficient (Wildman–Crippen LogP) is 6.37. The molecule has 0 fully saturated rings. The third-order valence-electron chi connectivity index (χ3n) is 6.73. The van der Waals surface area contributed by atoms with E-state index < -0.39 is 23.1 Å². The van der Waals surface area contributed by atoms with Crippen molar-refractivity contribution in [2.24, 2.45) is 0 Å². The zero-order valence-corrected chi connectivity index (χ0v) is 22.2. The van der Waals surface area contributed by atoms with Gasteiger partial charge in [0.1, 0.15) is 16.9 Å². The Morgan fingerprint density at radius 1 is 0.929 bits per heavy atom. The number of hydrogen-bond acceptors (Lipinski definition) is 5. The Bertz CT molecular complexity index is 2030. The summed E-state index contributed by atoms with van der Waals surface area (Å²) >= 11 is 0. The Labute approximate surface area is 238 Å². The minimum Gasteiger partial charge on any atom is -0.452 e. The van der Waals surface area contributed by atoms with Crippen molar-refractivity contribution in [1.82, 2.24) is 14.2 Å². The van der Waals surface area contributed by atoms with Crippen LogP contribution in [-0.2, 0) is 0 Å². The Hall–Kier alpha value is -5.77. The molecule has 3 N–H and O–H groups in total. The van der Waals surface area contributed by atoms with Gasteiger partial charge in [0.15, 0.2) is 17.3 Å². The summed E-state index contributed by atoms with van der Waals surface area (Å²) < 4.78 is 37.5. The molecule has 42 heavy (non-hydrogen) atoms. The minimum atomic E-state index is -0.729. The van der Waals surface area contributed by atoms with E-state index in [2.05, 4.69) is 10.4 Å². The van der Waals surface area contributed by atoms with Crippen molar-refractivity contribution in [2.45, 2.75) is 6.92 Å². The molecule has 8 nitrogen and oxygen atoms in total. The molecule has 3 heterocycles. The molecule has 10 heteroatoms. The molecule has 6 aromatic rings. The Kier molecular flexibility index (Phi) is 6.71. The van der Waals surface area contributed by atoms with E-state index in [0.29, 0.717) is 28.3 Å². The summed E-state index contributed by atoms with van der Waals surface area (Å²) in [6.07, 6.45) is 3.31. The molecule has 0 unspecified atom stereocenters. The van der Waals surface area contributed by atoms with E-state index in [1.54, 1.807) is 35.8 Å². The molecule has 0 saturated heterocycles. The van der Waals surface area contributed by atoms with Crippen molar-refractivity contribution in [1.29, 1.82) is 0 Å². The topological polar surface area (TPSA) is 104 Å². The molecule has 3 aromatic heterocycles. The van der Waals surface area contributed by atoms with E-state index in [0.717, 1.165) is 17.2 Å². The number of nitrogens with two attached hydrogens (primary N) is 1. The highest BCUT2D eigenvalue weighted by molar-refractivity contribution is 6.04. The molecule has 0 aliphatic heterocycles. The molecule has 0 saturated carbocycles. The highest BCUT2D eigenvalue weighted by Crippen LogP contribution is 2.36. The summed E-state index contributed by atoms with van der Waals surface area (Å²) in [4.78, 5) is 26.2. The third kappa shape index (κ3) is 4.97. The molecule has 6 rings (SSSR count). The number of ether oxygens (including phenoxy) is 1. The summed E-state index contributed by atoms with van der Waals surface area (Å²) in [6, 6.07) is 23.2. The number of aromatic nitrogens is 3. The Balaban J connectivity index is 1.26. The van der Waals surface area contributed by atoms with E-state index in [-0.39, 0.29) is 17.0 Å². The number of carbonyl (C=O) groups is 1. The number of rotatable bonds is 6. The van der Waals surface area contributed by atoms with Crippen LogP contribution in [0.1, 0.15) is 16.1 Å². The highest BCUT2D eigenvalue weighted by Gasteiger charge is 2.18. The lowest BCUT2D eigenvalue weighted by molar-refractivity contribution is 0.102. The van der Waals surface area contributed by atoms with Crippen LogP contribution in [0.2, 0.25) is 0 Å². The SMILES string of the molecule is Cc1ccc(C(=O)Nc2ccc(Oc3ccnn4ccc(-c5cccc(N)c5)c34)c(F)c2)c(=O)n1-c1ccc(F)cc1. The number of aryl methyl sites for hydroxylation is 1. The Morgan fingerprint density at radius 3 is 2.50 bits per heavy atom. The van der Waals surface area contributed by atoms with Gasteiger partial charge in [-0.3, -0.25) is 14.2 Å². The van der Waals surface area contributed by atoms with E-state index in [4.69, 9.17) is 10.5 Å². The summed E-state index contributed by atoms with van der Waals surface area (Å²) in [6.45, 7) is 1.70. The molecule has 208 valence electrons. The van der Waals surface area contributed by atoms with Gasteiger partial charge in [0.2, 0.25) is 0 Å². The summed E-state index contributed by atoms with van der Waals surface area (Å²) in [5, 5.41) is 6.88. The summed E-state index contributed by atoms with van der Waals surface area (Å²) in [5.74, 6) is -1.61. The highest BCUT2D eigenvalue weighted by atomic mass is 19.1. The fraction of sp³-hybridized carbons (Fsp3) is 0.0312. The van der Waals surface area contributed by atoms with Gasteiger partial charge in [0.05, 0.1) is 6.20 Å². The number of pyridine rings is 1. The van der Waals surface area contributed by atoms with Crippen LogP contribution >= 0.6 is 0 Å². The smallest absolute Gasteiger partial charge is 0.268 e. The van der Waals surface area contributed by atoms with Gasteiger partial charge in [-0.05, 0) is 79.2 Å². The Morgan fingerprint density at radius 2 is 1.74 bits per heavy atom. The average Bonchev–Trinajstić information content (AvgIpc) is 3.41. The fourth-order valence-corrected chi connectivity index (χ4v) is 4.73. The number of halogens is 2. The van der Waals surface area contributed by atoms with Gasteiger partial charge in [-0.2, -0.15) is 5.10 Å². The van der Waals surface area contributed by atoms with E-state index in [1.165, 1.54) is 53.2 Å². The van der Waals surface area contributed by atoms with Crippen LogP contribution in [0, 0.1) is 18.6 Å². The van der Waals surface area contributed by atoms with E-state index in [1.807, 2.05) is 24.3 Å². The maximum absolute atomic E-state index is 15.2. The first kappa shape index (κ1) is 26.5. The van der Waals surface area contributed by atoms with Crippen LogP contribution in [0.25, 0.3) is 22.3 Å². The molecular weight excluding hydrogens is 540 g/mol. The van der Waals surface area contributed by atoms with Crippen molar-refractivity contribution >= 4 is 22.8 Å². The fourth-order valence-electron chi connectivity index (χ4n) is 4.73. The quantitative estimate of drug-likeness (QED) is 0.229. The van der Waals surface area contributed by atoms with Gasteiger partial charge >= 0.3 is 0 Å². The minimum absolute atomic E-state index is 0.0742. The van der Waals surface area contributed by atoms with Crippen LogP contribution in [-0.4, -0.2) is 20.1 Å². The first-order valence-electron chi connectivity index (χ1n) is 12.9. The lowest BCUT2D eigenvalue weighted by Crippen LogP contribution is -2.29. The normalized spacial score (nSPS) is 11.0. The van der Waals surface area contributed by atoms with Gasteiger partial charge in [-0.15, -0.1) is 0 Å². The number of amides is 1.